The van der Waals surface area contributed by atoms with E-state index in [1.807, 2.05) is 11.0 Å². The Morgan fingerprint density at radius 3 is 2.79 bits per heavy atom. The number of carbonyl (C=O) groups excluding carboxylic acids is 1. The molecule has 4 rings (SSSR count). The lowest BCUT2D eigenvalue weighted by atomic mass is 10.0. The fourth-order valence-corrected chi connectivity index (χ4v) is 4.09. The van der Waals surface area contributed by atoms with Gasteiger partial charge < -0.3 is 14.4 Å². The summed E-state index contributed by atoms with van der Waals surface area (Å²) in [6.45, 7) is 7.02. The van der Waals surface area contributed by atoms with E-state index in [1.54, 1.807) is 6.07 Å². The second-order valence-electron chi connectivity index (χ2n) is 6.97. The second-order valence-corrected chi connectivity index (χ2v) is 6.97. The van der Waals surface area contributed by atoms with Gasteiger partial charge in [0.05, 0.1) is 13.2 Å². The molecule has 1 amide bonds. The van der Waals surface area contributed by atoms with Crippen LogP contribution in [-0.4, -0.2) is 67.2 Å². The Hall–Kier alpha value is -1.66. The highest BCUT2D eigenvalue weighted by Gasteiger charge is 2.41. The summed E-state index contributed by atoms with van der Waals surface area (Å²) in [4.78, 5) is 17.1. The quantitative estimate of drug-likeness (QED) is 0.818. The molecule has 3 heterocycles. The van der Waals surface area contributed by atoms with Gasteiger partial charge in [-0.05, 0) is 12.0 Å². The first kappa shape index (κ1) is 15.8. The third-order valence-electron chi connectivity index (χ3n) is 5.39. The van der Waals surface area contributed by atoms with Crippen molar-refractivity contribution < 1.29 is 18.7 Å². The van der Waals surface area contributed by atoms with E-state index in [9.17, 15) is 9.18 Å². The Morgan fingerprint density at radius 2 is 2.04 bits per heavy atom. The Kier molecular flexibility index (Phi) is 4.18. The molecule has 3 atom stereocenters. The molecular formula is C18H23FN2O3. The smallest absolute Gasteiger partial charge is 0.264 e. The number of amides is 1. The minimum absolute atomic E-state index is 0.0202. The maximum Gasteiger partial charge on any atom is 0.264 e. The zero-order chi connectivity index (χ0) is 16.7. The summed E-state index contributed by atoms with van der Waals surface area (Å²) >= 11 is 0. The van der Waals surface area contributed by atoms with Gasteiger partial charge in [0.15, 0.2) is 17.7 Å². The molecular weight excluding hydrogens is 311 g/mol. The van der Waals surface area contributed by atoms with Crippen LogP contribution in [0.25, 0.3) is 0 Å². The molecule has 1 aromatic rings. The molecule has 2 fully saturated rings. The second kappa shape index (κ2) is 6.33. The van der Waals surface area contributed by atoms with Crippen LogP contribution in [0.2, 0.25) is 0 Å². The summed E-state index contributed by atoms with van der Waals surface area (Å²) in [5.41, 5.74) is 0.783. The van der Waals surface area contributed by atoms with Crippen LogP contribution in [0.1, 0.15) is 12.5 Å². The van der Waals surface area contributed by atoms with E-state index in [0.29, 0.717) is 18.4 Å². The fraction of sp³-hybridized carbons (Fsp3) is 0.611. The molecule has 0 unspecified atom stereocenters. The third-order valence-corrected chi connectivity index (χ3v) is 5.39. The van der Waals surface area contributed by atoms with E-state index in [1.165, 1.54) is 6.07 Å². The first-order chi connectivity index (χ1) is 11.6. The number of rotatable bonds is 2. The molecule has 2 saturated heterocycles. The lowest BCUT2D eigenvalue weighted by Crippen LogP contribution is -2.47. The number of nitrogens with zero attached hydrogens (tertiary/aromatic N) is 2. The monoisotopic (exact) mass is 334 g/mol. The van der Waals surface area contributed by atoms with Crippen LogP contribution in [0.3, 0.4) is 0 Å². The Balaban J connectivity index is 1.42. The van der Waals surface area contributed by atoms with Crippen LogP contribution in [-0.2, 0) is 16.0 Å². The number of carbonyl (C=O) groups is 1. The minimum atomic E-state index is -0.590. The molecule has 130 valence electrons. The number of hydrogen-bond acceptors (Lipinski definition) is 4. The van der Waals surface area contributed by atoms with Crippen molar-refractivity contribution in [1.29, 1.82) is 0 Å². The number of halogens is 1. The van der Waals surface area contributed by atoms with Crippen LogP contribution in [0.5, 0.6) is 5.75 Å². The summed E-state index contributed by atoms with van der Waals surface area (Å²) in [5.74, 6) is 0.261. The minimum Gasteiger partial charge on any atom is -0.477 e. The molecule has 0 N–H and O–H groups in total. The van der Waals surface area contributed by atoms with Crippen molar-refractivity contribution in [2.75, 3.05) is 39.4 Å². The first-order valence-electron chi connectivity index (χ1n) is 8.68. The highest BCUT2D eigenvalue weighted by molar-refractivity contribution is 5.83. The van der Waals surface area contributed by atoms with Crippen molar-refractivity contribution in [3.8, 4) is 5.75 Å². The topological polar surface area (TPSA) is 42.0 Å². The van der Waals surface area contributed by atoms with Gasteiger partial charge in [-0.15, -0.1) is 0 Å². The molecule has 0 bridgehead atoms. The molecule has 24 heavy (non-hydrogen) atoms. The van der Waals surface area contributed by atoms with Gasteiger partial charge >= 0.3 is 0 Å². The van der Waals surface area contributed by atoms with Crippen molar-refractivity contribution in [3.63, 3.8) is 0 Å². The predicted molar refractivity (Wildman–Crippen MR) is 86.4 cm³/mol. The van der Waals surface area contributed by atoms with E-state index in [-0.39, 0.29) is 17.5 Å². The molecule has 3 aliphatic rings. The van der Waals surface area contributed by atoms with Crippen LogP contribution in [0, 0.1) is 11.7 Å². The summed E-state index contributed by atoms with van der Waals surface area (Å²) in [6.07, 6.45) is -0.133. The number of benzene rings is 1. The van der Waals surface area contributed by atoms with E-state index in [2.05, 4.69) is 11.8 Å². The zero-order valence-corrected chi connectivity index (χ0v) is 13.9. The molecule has 0 saturated carbocycles. The van der Waals surface area contributed by atoms with E-state index >= 15 is 0 Å². The van der Waals surface area contributed by atoms with Gasteiger partial charge in [-0.25, -0.2) is 4.39 Å². The van der Waals surface area contributed by atoms with Gasteiger partial charge in [0, 0.05) is 44.2 Å². The summed E-state index contributed by atoms with van der Waals surface area (Å²) in [7, 11) is 0. The normalized spacial score (nSPS) is 30.2. The Bertz CT molecular complexity index is 633. The number of fused-ring (bicyclic) bond motifs is 1. The maximum absolute atomic E-state index is 13.8. The molecule has 6 heteroatoms. The van der Waals surface area contributed by atoms with Crippen molar-refractivity contribution in [1.82, 2.24) is 9.80 Å². The SMILES string of the molecule is C[C@@H]1CN(C(=O)[C@@H]2Cc3cccc(F)c3O2)C[C@H]1N1CCOCC1. The van der Waals surface area contributed by atoms with Gasteiger partial charge in [-0.3, -0.25) is 9.69 Å². The molecule has 0 radical (unpaired) electrons. The standard InChI is InChI=1S/C18H23FN2O3/c1-12-10-21(11-15(12)20-5-7-23-8-6-20)18(22)16-9-13-3-2-4-14(19)17(13)24-16/h2-4,12,15-16H,5-11H2,1H3/t12-,15-,16+/m1/s1. The zero-order valence-electron chi connectivity index (χ0n) is 13.9. The lowest BCUT2D eigenvalue weighted by Gasteiger charge is -2.34. The van der Waals surface area contributed by atoms with Gasteiger partial charge in [-0.1, -0.05) is 19.1 Å². The fourth-order valence-electron chi connectivity index (χ4n) is 4.09. The Labute approximate surface area is 141 Å². The average Bonchev–Trinajstić information content (AvgIpc) is 3.20. The van der Waals surface area contributed by atoms with Crippen molar-refractivity contribution in [2.45, 2.75) is 25.5 Å². The van der Waals surface area contributed by atoms with Gasteiger partial charge in [0.2, 0.25) is 0 Å². The molecule has 0 aromatic heterocycles. The summed E-state index contributed by atoms with van der Waals surface area (Å²) < 4.78 is 24.9. The predicted octanol–water partition coefficient (Wildman–Crippen LogP) is 1.31. The summed E-state index contributed by atoms with van der Waals surface area (Å²) in [6, 6.07) is 5.24. The van der Waals surface area contributed by atoms with Crippen LogP contribution in [0.4, 0.5) is 4.39 Å². The van der Waals surface area contributed by atoms with E-state index < -0.39 is 6.10 Å². The van der Waals surface area contributed by atoms with E-state index in [0.717, 1.165) is 45.0 Å². The first-order valence-corrected chi connectivity index (χ1v) is 8.68. The number of ether oxygens (including phenoxy) is 2. The summed E-state index contributed by atoms with van der Waals surface area (Å²) in [5, 5.41) is 0. The van der Waals surface area contributed by atoms with Crippen molar-refractivity contribution >= 4 is 5.91 Å². The molecule has 3 aliphatic heterocycles. The van der Waals surface area contributed by atoms with Gasteiger partial charge in [0.1, 0.15) is 0 Å². The number of hydrogen-bond donors (Lipinski definition) is 0. The number of likely N-dealkylation sites (tertiary alicyclic amines) is 1. The molecule has 1 aromatic carbocycles. The molecule has 5 nitrogen and oxygen atoms in total. The average molecular weight is 334 g/mol. The maximum atomic E-state index is 13.8. The van der Waals surface area contributed by atoms with Crippen LogP contribution < -0.4 is 4.74 Å². The Morgan fingerprint density at radius 1 is 1.25 bits per heavy atom. The number of morpholine rings is 1. The molecule has 0 spiro atoms. The van der Waals surface area contributed by atoms with Crippen LogP contribution in [0.15, 0.2) is 18.2 Å². The van der Waals surface area contributed by atoms with Crippen molar-refractivity contribution in [2.24, 2.45) is 5.92 Å². The van der Waals surface area contributed by atoms with Crippen LogP contribution >= 0.6 is 0 Å². The van der Waals surface area contributed by atoms with Crippen molar-refractivity contribution in [3.05, 3.63) is 29.6 Å². The third kappa shape index (κ3) is 2.78. The largest absolute Gasteiger partial charge is 0.477 e. The highest BCUT2D eigenvalue weighted by Crippen LogP contribution is 2.33. The van der Waals surface area contributed by atoms with Gasteiger partial charge in [-0.2, -0.15) is 0 Å². The molecule has 0 aliphatic carbocycles. The number of para-hydroxylation sites is 1. The van der Waals surface area contributed by atoms with Gasteiger partial charge in [0.25, 0.3) is 5.91 Å². The van der Waals surface area contributed by atoms with E-state index in [4.69, 9.17) is 9.47 Å². The highest BCUT2D eigenvalue weighted by atomic mass is 19.1. The lowest BCUT2D eigenvalue weighted by molar-refractivity contribution is -0.137.